The van der Waals surface area contributed by atoms with Crippen molar-refractivity contribution < 1.29 is 4.84 Å². The third-order valence-corrected chi connectivity index (χ3v) is 2.47. The van der Waals surface area contributed by atoms with E-state index >= 15 is 0 Å². The Bertz CT molecular complexity index is 456. The molecular formula is C12H14N2O. The van der Waals surface area contributed by atoms with Gasteiger partial charge in [0.05, 0.1) is 12.1 Å². The van der Waals surface area contributed by atoms with Gasteiger partial charge in [-0.25, -0.2) is 5.90 Å². The Labute approximate surface area is 88.8 Å². The summed E-state index contributed by atoms with van der Waals surface area (Å²) < 4.78 is 0. The summed E-state index contributed by atoms with van der Waals surface area (Å²) in [4.78, 5) is 9.19. The van der Waals surface area contributed by atoms with Crippen LogP contribution >= 0.6 is 0 Å². The summed E-state index contributed by atoms with van der Waals surface area (Å²) >= 11 is 0. The van der Waals surface area contributed by atoms with E-state index in [0.717, 1.165) is 16.6 Å². The molecule has 1 heterocycles. The molecule has 0 aliphatic carbocycles. The Morgan fingerprint density at radius 1 is 1.27 bits per heavy atom. The quantitative estimate of drug-likeness (QED) is 0.776. The highest BCUT2D eigenvalue weighted by atomic mass is 16.6. The van der Waals surface area contributed by atoms with Gasteiger partial charge in [0.25, 0.3) is 0 Å². The zero-order valence-electron chi connectivity index (χ0n) is 8.68. The largest absolute Gasteiger partial charge is 0.304 e. The summed E-state index contributed by atoms with van der Waals surface area (Å²) in [5, 5.41) is 1.15. The molecule has 0 spiro atoms. The lowest BCUT2D eigenvalue weighted by Crippen LogP contribution is -2.09. The molecule has 3 heteroatoms. The molecule has 0 aliphatic heterocycles. The van der Waals surface area contributed by atoms with E-state index in [1.54, 1.807) is 0 Å². The number of hydrogen-bond acceptors (Lipinski definition) is 3. The van der Waals surface area contributed by atoms with Crippen molar-refractivity contribution in [2.75, 3.05) is 6.61 Å². The van der Waals surface area contributed by atoms with Crippen LogP contribution in [0.3, 0.4) is 0 Å². The molecule has 0 radical (unpaired) electrons. The molecule has 0 fully saturated rings. The van der Waals surface area contributed by atoms with Gasteiger partial charge in [-0.15, -0.1) is 0 Å². The molecule has 0 aliphatic rings. The first-order valence-electron chi connectivity index (χ1n) is 4.98. The Kier molecular flexibility index (Phi) is 2.94. The predicted octanol–water partition coefficient (Wildman–Crippen LogP) is 2.23. The SMILES string of the molecule is CC(CON)c1ccc2ccccc2n1. The van der Waals surface area contributed by atoms with E-state index in [1.165, 1.54) is 0 Å². The summed E-state index contributed by atoms with van der Waals surface area (Å²) in [6.45, 7) is 2.54. The van der Waals surface area contributed by atoms with E-state index in [4.69, 9.17) is 5.90 Å². The van der Waals surface area contributed by atoms with Crippen molar-refractivity contribution in [2.45, 2.75) is 12.8 Å². The molecule has 1 atom stereocenters. The second kappa shape index (κ2) is 4.38. The van der Waals surface area contributed by atoms with Crippen molar-refractivity contribution in [3.8, 4) is 0 Å². The van der Waals surface area contributed by atoms with E-state index in [2.05, 4.69) is 22.0 Å². The topological polar surface area (TPSA) is 48.1 Å². The number of nitrogens with two attached hydrogens (primary N) is 1. The summed E-state index contributed by atoms with van der Waals surface area (Å²) in [6, 6.07) is 12.2. The maximum Gasteiger partial charge on any atom is 0.0760 e. The van der Waals surface area contributed by atoms with Gasteiger partial charge in [0.15, 0.2) is 0 Å². The fourth-order valence-corrected chi connectivity index (χ4v) is 1.59. The second-order valence-electron chi connectivity index (χ2n) is 3.66. The van der Waals surface area contributed by atoms with Crippen LogP contribution in [-0.4, -0.2) is 11.6 Å². The summed E-state index contributed by atoms with van der Waals surface area (Å²) in [5.41, 5.74) is 2.03. The lowest BCUT2D eigenvalue weighted by atomic mass is 10.1. The van der Waals surface area contributed by atoms with E-state index in [0.29, 0.717) is 6.61 Å². The zero-order valence-corrected chi connectivity index (χ0v) is 8.68. The molecule has 2 N–H and O–H groups in total. The van der Waals surface area contributed by atoms with E-state index < -0.39 is 0 Å². The fraction of sp³-hybridized carbons (Fsp3) is 0.250. The summed E-state index contributed by atoms with van der Waals surface area (Å²) in [5.74, 6) is 5.27. The molecule has 1 unspecified atom stereocenters. The molecule has 0 saturated heterocycles. The fourth-order valence-electron chi connectivity index (χ4n) is 1.59. The van der Waals surface area contributed by atoms with Crippen molar-refractivity contribution in [2.24, 2.45) is 5.90 Å². The predicted molar refractivity (Wildman–Crippen MR) is 60.3 cm³/mol. The highest BCUT2D eigenvalue weighted by Crippen LogP contribution is 2.17. The van der Waals surface area contributed by atoms with Crippen molar-refractivity contribution in [3.63, 3.8) is 0 Å². The molecule has 0 amide bonds. The van der Waals surface area contributed by atoms with Crippen LogP contribution in [0, 0.1) is 0 Å². The zero-order chi connectivity index (χ0) is 10.7. The Morgan fingerprint density at radius 2 is 2.07 bits per heavy atom. The number of para-hydroxylation sites is 1. The molecule has 1 aromatic heterocycles. The Balaban J connectivity index is 2.38. The average molecular weight is 202 g/mol. The Hall–Kier alpha value is -1.45. The molecule has 2 rings (SSSR count). The lowest BCUT2D eigenvalue weighted by molar-refractivity contribution is 0.126. The van der Waals surface area contributed by atoms with Crippen LogP contribution in [0.1, 0.15) is 18.5 Å². The maximum atomic E-state index is 5.05. The summed E-state index contributed by atoms with van der Waals surface area (Å²) in [6.07, 6.45) is 0. The highest BCUT2D eigenvalue weighted by molar-refractivity contribution is 5.78. The first-order chi connectivity index (χ1) is 7.31. The lowest BCUT2D eigenvalue weighted by Gasteiger charge is -2.09. The number of nitrogens with zero attached hydrogens (tertiary/aromatic N) is 1. The van der Waals surface area contributed by atoms with Crippen LogP contribution in [0.2, 0.25) is 0 Å². The van der Waals surface area contributed by atoms with Gasteiger partial charge in [0.2, 0.25) is 0 Å². The second-order valence-corrected chi connectivity index (χ2v) is 3.66. The number of aromatic nitrogens is 1. The van der Waals surface area contributed by atoms with Crippen molar-refractivity contribution >= 4 is 10.9 Å². The van der Waals surface area contributed by atoms with E-state index in [9.17, 15) is 0 Å². The molecule has 15 heavy (non-hydrogen) atoms. The minimum Gasteiger partial charge on any atom is -0.304 e. The highest BCUT2D eigenvalue weighted by Gasteiger charge is 2.07. The van der Waals surface area contributed by atoms with Crippen LogP contribution in [0.25, 0.3) is 10.9 Å². The molecule has 0 bridgehead atoms. The molecule has 2 aromatic rings. The van der Waals surface area contributed by atoms with Crippen molar-refractivity contribution in [3.05, 3.63) is 42.1 Å². The third kappa shape index (κ3) is 2.14. The molecule has 1 aromatic carbocycles. The van der Waals surface area contributed by atoms with Crippen LogP contribution in [0.15, 0.2) is 36.4 Å². The van der Waals surface area contributed by atoms with E-state index in [1.807, 2.05) is 31.2 Å². The molecular weight excluding hydrogens is 188 g/mol. The summed E-state index contributed by atoms with van der Waals surface area (Å²) in [7, 11) is 0. The first-order valence-corrected chi connectivity index (χ1v) is 4.98. The van der Waals surface area contributed by atoms with Gasteiger partial charge < -0.3 is 4.84 Å². The number of hydrogen-bond donors (Lipinski definition) is 1. The standard InChI is InChI=1S/C12H14N2O/c1-9(8-15-13)11-7-6-10-4-2-3-5-12(10)14-11/h2-7,9H,8,13H2,1H3. The van der Waals surface area contributed by atoms with Crippen LogP contribution in [0.5, 0.6) is 0 Å². The Morgan fingerprint density at radius 3 is 2.87 bits per heavy atom. The number of rotatable bonds is 3. The van der Waals surface area contributed by atoms with Gasteiger partial charge in [-0.2, -0.15) is 0 Å². The monoisotopic (exact) mass is 202 g/mol. The molecule has 3 nitrogen and oxygen atoms in total. The van der Waals surface area contributed by atoms with Gasteiger partial charge in [-0.05, 0) is 12.1 Å². The van der Waals surface area contributed by atoms with Crippen LogP contribution in [0.4, 0.5) is 0 Å². The first kappa shape index (κ1) is 10.1. The average Bonchev–Trinajstić information content (AvgIpc) is 2.29. The van der Waals surface area contributed by atoms with Gasteiger partial charge in [-0.1, -0.05) is 31.2 Å². The van der Waals surface area contributed by atoms with Crippen molar-refractivity contribution in [1.82, 2.24) is 4.98 Å². The van der Waals surface area contributed by atoms with E-state index in [-0.39, 0.29) is 5.92 Å². The number of pyridine rings is 1. The van der Waals surface area contributed by atoms with Crippen LogP contribution in [-0.2, 0) is 4.84 Å². The van der Waals surface area contributed by atoms with Gasteiger partial charge in [0, 0.05) is 17.0 Å². The van der Waals surface area contributed by atoms with Gasteiger partial charge in [0.1, 0.15) is 0 Å². The molecule has 0 saturated carbocycles. The van der Waals surface area contributed by atoms with Gasteiger partial charge >= 0.3 is 0 Å². The minimum absolute atomic E-state index is 0.222. The smallest absolute Gasteiger partial charge is 0.0760 e. The molecule has 78 valence electrons. The maximum absolute atomic E-state index is 5.05. The van der Waals surface area contributed by atoms with Crippen LogP contribution < -0.4 is 5.90 Å². The van der Waals surface area contributed by atoms with Gasteiger partial charge in [-0.3, -0.25) is 4.98 Å². The third-order valence-electron chi connectivity index (χ3n) is 2.47. The normalized spacial score (nSPS) is 12.9. The number of benzene rings is 1. The number of fused-ring (bicyclic) bond motifs is 1. The minimum atomic E-state index is 0.222. The van der Waals surface area contributed by atoms with Crippen molar-refractivity contribution in [1.29, 1.82) is 0 Å².